The third-order valence-electron chi connectivity index (χ3n) is 33.1. The number of aromatic nitrogens is 1. The Kier molecular flexibility index (Phi) is 17.4. The van der Waals surface area contributed by atoms with Crippen LogP contribution in [0.2, 0.25) is 24.7 Å². The average Bonchev–Trinajstić information content (AvgIpc) is 1.50. The molecule has 0 radical (unpaired) electrons. The van der Waals surface area contributed by atoms with Crippen LogP contribution in [0.3, 0.4) is 0 Å². The quantitative estimate of drug-likeness (QED) is 0.0951. The van der Waals surface area contributed by atoms with Crippen LogP contribution >= 0.6 is 11.6 Å². The predicted molar refractivity (Wildman–Crippen MR) is 538 cm³/mol. The van der Waals surface area contributed by atoms with Gasteiger partial charge < -0.3 is 4.74 Å². The first-order chi connectivity index (χ1) is 62.7. The summed E-state index contributed by atoms with van der Waals surface area (Å²) in [4.78, 5) is 4.49. The van der Waals surface area contributed by atoms with Crippen molar-refractivity contribution >= 4 is 78.7 Å². The van der Waals surface area contributed by atoms with Gasteiger partial charge in [0.1, 0.15) is 5.75 Å². The lowest BCUT2D eigenvalue weighted by Crippen LogP contribution is -2.55. The van der Waals surface area contributed by atoms with Gasteiger partial charge in [-0.3, -0.25) is 4.98 Å². The smallest absolute Gasteiger partial charge is 0.120 e. The maximum absolute atomic E-state index is 6.82. The number of pyridine rings is 1. The SMILES string of the molecule is CC(C)Oc1cc(-c2ccccc2-c2c3ccccc3c(-c3cccc(Cl)c3)c3ccccc23)c2c(c1)C1(c3cc([Si](C)(C)C)ccc3-2)C2CC3CC(C2)CC1C3.c1ccc(C2(c3ccccc3)c3cc(-c4ccc5c(c4)C4(c6ccccc6-5)C5CC6CC(C5)CC4C6)ccc3-c3ccc(-c4c5ccccc5c(-c5ccc6ccncc6c5)c5ccccc45)cc32)cc1. The van der Waals surface area contributed by atoms with E-state index in [0.29, 0.717) is 11.8 Å². The maximum atomic E-state index is 6.82. The normalized spacial score (nSPS) is 22.3. The van der Waals surface area contributed by atoms with E-state index >= 15 is 0 Å². The van der Waals surface area contributed by atoms with Gasteiger partial charge in [-0.25, -0.2) is 0 Å². The number of hydrogen-bond donors (Lipinski definition) is 0. The van der Waals surface area contributed by atoms with Gasteiger partial charge >= 0.3 is 0 Å². The first kappa shape index (κ1) is 76.7. The molecule has 0 amide bonds. The van der Waals surface area contributed by atoms with Crippen molar-refractivity contribution in [3.8, 4) is 106 Å². The van der Waals surface area contributed by atoms with Crippen LogP contribution in [0.1, 0.15) is 123 Å². The van der Waals surface area contributed by atoms with Gasteiger partial charge in [0.05, 0.1) is 19.6 Å². The number of ether oxygens (including phenoxy) is 1. The Morgan fingerprint density at radius 2 is 0.711 bits per heavy atom. The lowest BCUT2D eigenvalue weighted by molar-refractivity contribution is -0.0400. The van der Waals surface area contributed by atoms with E-state index in [9.17, 15) is 0 Å². The highest BCUT2D eigenvalue weighted by molar-refractivity contribution is 6.88. The topological polar surface area (TPSA) is 22.1 Å². The largest absolute Gasteiger partial charge is 0.491 e. The molecule has 1 aromatic heterocycles. The van der Waals surface area contributed by atoms with Crippen LogP contribution in [-0.2, 0) is 16.2 Å². The fourth-order valence-corrected chi connectivity index (χ4v) is 30.1. The second-order valence-corrected chi connectivity index (χ2v) is 46.4. The number of nitrogens with zero attached hydrogens (tertiary/aromatic N) is 1. The summed E-state index contributed by atoms with van der Waals surface area (Å²) in [5, 5.41) is 14.7. The zero-order valence-corrected chi connectivity index (χ0v) is 75.2. The van der Waals surface area contributed by atoms with Crippen LogP contribution < -0.4 is 9.92 Å². The molecular formula is C124H102ClNOSi. The van der Waals surface area contributed by atoms with E-state index in [2.05, 4.69) is 372 Å². The van der Waals surface area contributed by atoms with E-state index in [-0.39, 0.29) is 16.9 Å². The zero-order chi connectivity index (χ0) is 85.2. The number of halogens is 1. The van der Waals surface area contributed by atoms with E-state index in [1.54, 1.807) is 27.4 Å². The highest BCUT2D eigenvalue weighted by Gasteiger charge is 2.64. The molecule has 8 saturated carbocycles. The van der Waals surface area contributed by atoms with Gasteiger partial charge in [0, 0.05) is 33.6 Å². The van der Waals surface area contributed by atoms with Crippen LogP contribution in [0, 0.1) is 47.3 Å². The highest BCUT2D eigenvalue weighted by Crippen LogP contribution is 2.73. The van der Waals surface area contributed by atoms with Crippen molar-refractivity contribution in [1.29, 1.82) is 0 Å². The van der Waals surface area contributed by atoms with E-state index in [1.165, 1.54) is 230 Å². The second kappa shape index (κ2) is 29.0. The average molecular weight is 1690 g/mol. The standard InChI is InChI=1S/C70H51N.C54H51ClOSi/c1-3-13-51(14-4-1)69(52-15-5-2-6-16-52)64-39-46(47-25-28-56-55-17-11-12-22-63(55)70(65(56)40-47)53-34-43-33-44(36-53)37-54(70)35-43)26-29-57(64)58-30-27-49(41-66(58)69)68-61-20-9-7-18-59(61)67(60-19-8-10-21-62(60)68)48-24-23-45-31-32-71-42-50(45)38-48;1-32(2)56-39-29-48(53-47-22-21-40(57(3,4)5)31-49(47)54(50(53)30-39)36-24-33-23-34(26-36)27-37(54)25-33)41-15-6-7-16-42(41)52-45-19-10-8-17-43(45)51(35-13-12-14-38(55)28-35)44-18-9-11-20-46(44)52/h1-32,38-44,53-54H,33-37H2;6-22,28-34,36-37H,23-27H2,1-5H3. The molecule has 0 aliphatic heterocycles. The Bertz CT molecular complexity index is 7460. The first-order valence-electron chi connectivity index (χ1n) is 47.5. The third kappa shape index (κ3) is 11.2. The molecule has 2 nitrogen and oxygen atoms in total. The minimum atomic E-state index is -1.58. The lowest BCUT2D eigenvalue weighted by Gasteiger charge is -2.61. The fourth-order valence-electron chi connectivity index (χ4n) is 28.8. The van der Waals surface area contributed by atoms with Crippen molar-refractivity contribution in [3.05, 3.63) is 402 Å². The van der Waals surface area contributed by atoms with Gasteiger partial charge in [0.25, 0.3) is 0 Å². The van der Waals surface area contributed by atoms with Crippen LogP contribution in [0.15, 0.2) is 352 Å². The van der Waals surface area contributed by atoms with Crippen molar-refractivity contribution in [2.45, 2.75) is 120 Å². The van der Waals surface area contributed by atoms with Crippen molar-refractivity contribution in [3.63, 3.8) is 0 Å². The number of fused-ring (bicyclic) bond motifs is 14. The van der Waals surface area contributed by atoms with Gasteiger partial charge in [0.15, 0.2) is 0 Å². The molecule has 128 heavy (non-hydrogen) atoms. The molecule has 0 unspecified atom stereocenters. The summed E-state index contributed by atoms with van der Waals surface area (Å²) >= 11 is 6.66. The fraction of sp³-hybridized carbons (Fsp3) is 0.218. The molecule has 1 heterocycles. The molecular weight excluding hydrogens is 1580 g/mol. The molecule has 11 aliphatic carbocycles. The van der Waals surface area contributed by atoms with Crippen LogP contribution in [0.4, 0.5) is 0 Å². The molecule has 17 aromatic carbocycles. The summed E-state index contributed by atoms with van der Waals surface area (Å²) in [6, 6.07) is 130. The zero-order valence-electron chi connectivity index (χ0n) is 73.5. The summed E-state index contributed by atoms with van der Waals surface area (Å²) in [6.45, 7) is 11.9. The first-order valence-corrected chi connectivity index (χ1v) is 51.4. The van der Waals surface area contributed by atoms with Gasteiger partial charge in [-0.15, -0.1) is 0 Å². The molecule has 620 valence electrons. The van der Waals surface area contributed by atoms with E-state index in [4.69, 9.17) is 16.3 Å². The maximum Gasteiger partial charge on any atom is 0.120 e. The van der Waals surface area contributed by atoms with Gasteiger partial charge in [-0.1, -0.05) is 322 Å². The molecule has 8 fully saturated rings. The van der Waals surface area contributed by atoms with E-state index in [1.807, 2.05) is 18.5 Å². The predicted octanol–water partition coefficient (Wildman–Crippen LogP) is 32.3. The minimum absolute atomic E-state index is 0.0335. The third-order valence-corrected chi connectivity index (χ3v) is 35.4. The molecule has 18 aromatic rings. The summed E-state index contributed by atoms with van der Waals surface area (Å²) < 4.78 is 6.82. The number of hydrogen-bond acceptors (Lipinski definition) is 2. The minimum Gasteiger partial charge on any atom is -0.491 e. The molecule has 29 rings (SSSR count). The Morgan fingerprint density at radius 3 is 1.23 bits per heavy atom. The van der Waals surface area contributed by atoms with Gasteiger partial charge in [0.2, 0.25) is 0 Å². The number of rotatable bonds is 11. The summed E-state index contributed by atoms with van der Waals surface area (Å²) in [6.07, 6.45) is 17.9. The van der Waals surface area contributed by atoms with Crippen LogP contribution in [-0.4, -0.2) is 19.2 Å². The summed E-state index contributed by atoms with van der Waals surface area (Å²) in [7, 11) is -1.58. The van der Waals surface area contributed by atoms with Gasteiger partial charge in [-0.05, 0) is 373 Å². The summed E-state index contributed by atoms with van der Waals surface area (Å²) in [5.74, 6) is 7.41. The monoisotopic (exact) mass is 1680 g/mol. The lowest BCUT2D eigenvalue weighted by atomic mass is 9.43. The Balaban J connectivity index is 0.000000139. The second-order valence-electron chi connectivity index (χ2n) is 40.9. The molecule has 11 aliphatic rings. The molecule has 0 N–H and O–H groups in total. The molecule has 8 bridgehead atoms. The summed E-state index contributed by atoms with van der Waals surface area (Å²) in [5.41, 5.74) is 34.8. The van der Waals surface area contributed by atoms with Crippen molar-refractivity contribution in [2.24, 2.45) is 47.3 Å². The van der Waals surface area contributed by atoms with E-state index in [0.717, 1.165) is 57.2 Å². The van der Waals surface area contributed by atoms with Crippen LogP contribution in [0.25, 0.3) is 154 Å². The molecule has 2 spiro atoms. The highest BCUT2D eigenvalue weighted by atomic mass is 35.5. The van der Waals surface area contributed by atoms with Crippen molar-refractivity contribution < 1.29 is 4.74 Å². The molecule has 0 saturated heterocycles. The van der Waals surface area contributed by atoms with Gasteiger partial charge in [-0.2, -0.15) is 0 Å². The van der Waals surface area contributed by atoms with E-state index < -0.39 is 13.5 Å². The van der Waals surface area contributed by atoms with Crippen molar-refractivity contribution in [2.75, 3.05) is 0 Å². The van der Waals surface area contributed by atoms with Crippen LogP contribution in [0.5, 0.6) is 5.75 Å². The number of benzene rings is 17. The Labute approximate surface area is 757 Å². The molecule has 4 heteroatoms. The molecule has 0 atom stereocenters. The van der Waals surface area contributed by atoms with Crippen molar-refractivity contribution in [1.82, 2.24) is 4.98 Å². The Hall–Kier alpha value is -12.5. The Morgan fingerprint density at radius 1 is 0.297 bits per heavy atom.